The van der Waals surface area contributed by atoms with Crippen LogP contribution in [-0.4, -0.2) is 62.2 Å². The number of nitrogens with one attached hydrogen (secondary N) is 2. The van der Waals surface area contributed by atoms with Crippen molar-refractivity contribution in [3.63, 3.8) is 0 Å². The molecule has 2 N–H and O–H groups in total. The van der Waals surface area contributed by atoms with E-state index in [1.54, 1.807) is 6.20 Å². The first kappa shape index (κ1) is 38.4. The van der Waals surface area contributed by atoms with E-state index in [9.17, 15) is 9.59 Å². The van der Waals surface area contributed by atoms with Crippen molar-refractivity contribution >= 4 is 45.6 Å². The van der Waals surface area contributed by atoms with Crippen LogP contribution in [0.4, 0.5) is 5.82 Å². The lowest BCUT2D eigenvalue weighted by molar-refractivity contribution is -0.123. The average Bonchev–Trinajstić information content (AvgIpc) is 3.31. The molecule has 2 amide bonds. The van der Waals surface area contributed by atoms with Gasteiger partial charge in [-0.2, -0.15) is 5.10 Å². The standard InChI is InChI=1S/C34H58ClN5O4Si2/c1-24(41)37-26-14-12-13-25(17-26)32(42)38-31-18-27(29(35)20-36-31)28-21-40(23-43-15-16-45(7,8)9)39-30(28)19-34(5,6)22-44-46(10,11)33(2,3)4/h18,20-21,25-26H,12-17,19,22-23H2,1-11H3,(H,37,41)(H,36,38,42)/t25-,26+/m0/s1. The highest BCUT2D eigenvalue weighted by molar-refractivity contribution is 6.76. The van der Waals surface area contributed by atoms with Gasteiger partial charge in [-0.25, -0.2) is 9.67 Å². The van der Waals surface area contributed by atoms with Crippen molar-refractivity contribution < 1.29 is 18.8 Å². The highest BCUT2D eigenvalue weighted by atomic mass is 35.5. The van der Waals surface area contributed by atoms with Gasteiger partial charge in [-0.1, -0.05) is 72.3 Å². The van der Waals surface area contributed by atoms with E-state index in [4.69, 9.17) is 25.9 Å². The molecule has 3 rings (SSSR count). The minimum absolute atomic E-state index is 0.0149. The van der Waals surface area contributed by atoms with Gasteiger partial charge in [-0.05, 0) is 61.3 Å². The molecule has 0 aromatic carbocycles. The largest absolute Gasteiger partial charge is 0.416 e. The van der Waals surface area contributed by atoms with Gasteiger partial charge in [-0.3, -0.25) is 9.59 Å². The molecule has 46 heavy (non-hydrogen) atoms. The van der Waals surface area contributed by atoms with E-state index >= 15 is 0 Å². The summed E-state index contributed by atoms with van der Waals surface area (Å²) in [5.74, 6) is 0.0885. The molecule has 0 unspecified atom stereocenters. The molecule has 12 heteroatoms. The Morgan fingerprint density at radius 1 is 1.09 bits per heavy atom. The number of pyridine rings is 1. The first-order chi connectivity index (χ1) is 21.2. The molecule has 0 spiro atoms. The van der Waals surface area contributed by atoms with Gasteiger partial charge in [0.05, 0.1) is 10.7 Å². The molecule has 1 saturated carbocycles. The summed E-state index contributed by atoms with van der Waals surface area (Å²) in [5, 5.41) is 11.6. The number of aromatic nitrogens is 3. The Balaban J connectivity index is 1.86. The van der Waals surface area contributed by atoms with Crippen molar-refractivity contribution in [3.8, 4) is 11.1 Å². The number of nitrogens with zero attached hydrogens (tertiary/aromatic N) is 3. The van der Waals surface area contributed by atoms with Gasteiger partial charge in [0, 0.05) is 63.7 Å². The lowest BCUT2D eigenvalue weighted by Gasteiger charge is -2.39. The van der Waals surface area contributed by atoms with Crippen LogP contribution >= 0.6 is 11.6 Å². The van der Waals surface area contributed by atoms with Crippen molar-refractivity contribution in [2.24, 2.45) is 11.3 Å². The van der Waals surface area contributed by atoms with Crippen molar-refractivity contribution in [1.82, 2.24) is 20.1 Å². The van der Waals surface area contributed by atoms with Crippen LogP contribution in [0.1, 0.15) is 72.9 Å². The zero-order valence-electron chi connectivity index (χ0n) is 30.1. The van der Waals surface area contributed by atoms with Crippen LogP contribution < -0.4 is 10.6 Å². The first-order valence-electron chi connectivity index (χ1n) is 16.7. The normalized spacial score (nSPS) is 18.0. The quantitative estimate of drug-likeness (QED) is 0.153. The number of carbonyl (C=O) groups excluding carboxylic acids is 2. The van der Waals surface area contributed by atoms with Gasteiger partial charge in [0.2, 0.25) is 11.8 Å². The van der Waals surface area contributed by atoms with Gasteiger partial charge in [0.25, 0.3) is 0 Å². The van der Waals surface area contributed by atoms with Crippen LogP contribution in [0.25, 0.3) is 11.1 Å². The van der Waals surface area contributed by atoms with E-state index in [2.05, 4.69) is 83.0 Å². The summed E-state index contributed by atoms with van der Waals surface area (Å²) in [7, 11) is -3.15. The monoisotopic (exact) mass is 691 g/mol. The fraction of sp³-hybridized carbons (Fsp3) is 0.706. The molecular formula is C34H58ClN5O4Si2. The minimum atomic E-state index is -1.93. The second-order valence-electron chi connectivity index (χ2n) is 16.6. The minimum Gasteiger partial charge on any atom is -0.416 e. The van der Waals surface area contributed by atoms with Crippen LogP contribution in [0.5, 0.6) is 0 Å². The summed E-state index contributed by atoms with van der Waals surface area (Å²) < 4.78 is 14.5. The number of amides is 2. The van der Waals surface area contributed by atoms with E-state index in [-0.39, 0.29) is 34.2 Å². The van der Waals surface area contributed by atoms with Gasteiger partial charge in [-0.15, -0.1) is 0 Å². The molecule has 2 atom stereocenters. The first-order valence-corrected chi connectivity index (χ1v) is 23.7. The highest BCUT2D eigenvalue weighted by Gasteiger charge is 2.39. The molecule has 0 radical (unpaired) electrons. The molecule has 2 heterocycles. The summed E-state index contributed by atoms with van der Waals surface area (Å²) in [6.07, 6.45) is 7.42. The predicted octanol–water partition coefficient (Wildman–Crippen LogP) is 8.13. The van der Waals surface area contributed by atoms with Crippen LogP contribution in [0.3, 0.4) is 0 Å². The molecule has 1 aliphatic carbocycles. The summed E-state index contributed by atoms with van der Waals surface area (Å²) in [6, 6.07) is 2.93. The van der Waals surface area contributed by atoms with Crippen LogP contribution in [-0.2, 0) is 31.9 Å². The summed E-state index contributed by atoms with van der Waals surface area (Å²) in [4.78, 5) is 29.3. The number of ether oxygens (including phenoxy) is 1. The molecule has 9 nitrogen and oxygen atoms in total. The third kappa shape index (κ3) is 11.6. The maximum atomic E-state index is 13.3. The summed E-state index contributed by atoms with van der Waals surface area (Å²) in [6.45, 7) is 25.9. The molecular weight excluding hydrogens is 634 g/mol. The third-order valence-corrected chi connectivity index (χ3v) is 15.7. The molecule has 0 bridgehead atoms. The summed E-state index contributed by atoms with van der Waals surface area (Å²) >= 11 is 6.79. The smallest absolute Gasteiger partial charge is 0.228 e. The molecule has 258 valence electrons. The lowest BCUT2D eigenvalue weighted by atomic mass is 9.85. The zero-order chi connectivity index (χ0) is 34.5. The lowest BCUT2D eigenvalue weighted by Crippen LogP contribution is -2.43. The van der Waals surface area contributed by atoms with E-state index in [0.717, 1.165) is 42.1 Å². The van der Waals surface area contributed by atoms with Gasteiger partial charge in [0.15, 0.2) is 8.32 Å². The number of carbonyl (C=O) groups is 2. The number of anilines is 1. The Morgan fingerprint density at radius 3 is 2.41 bits per heavy atom. The molecule has 0 saturated heterocycles. The Morgan fingerprint density at radius 2 is 1.78 bits per heavy atom. The van der Waals surface area contributed by atoms with Crippen LogP contribution in [0.15, 0.2) is 18.5 Å². The van der Waals surface area contributed by atoms with Gasteiger partial charge in [0.1, 0.15) is 12.5 Å². The number of hydrogen-bond donors (Lipinski definition) is 2. The van der Waals surface area contributed by atoms with Crippen molar-refractivity contribution in [3.05, 3.63) is 29.2 Å². The second kappa shape index (κ2) is 15.4. The SMILES string of the molecule is CC(=O)N[C@@H]1CCC[C@H](C(=O)Nc2cc(-c3cn(COCC[Si](C)(C)C)nc3CC(C)(C)CO[Si](C)(C)C(C)(C)C)c(Cl)cn2)C1. The Bertz CT molecular complexity index is 1350. The van der Waals surface area contributed by atoms with E-state index < -0.39 is 16.4 Å². The van der Waals surface area contributed by atoms with Crippen LogP contribution in [0.2, 0.25) is 48.8 Å². The van der Waals surface area contributed by atoms with Crippen molar-refractivity contribution in [1.29, 1.82) is 0 Å². The number of halogens is 1. The fourth-order valence-electron chi connectivity index (χ4n) is 5.30. The molecule has 2 aromatic rings. The van der Waals surface area contributed by atoms with E-state index in [1.807, 2.05) is 16.9 Å². The Hall–Kier alpha value is -2.06. The van der Waals surface area contributed by atoms with Crippen LogP contribution in [0, 0.1) is 11.3 Å². The Labute approximate surface area is 284 Å². The molecule has 1 fully saturated rings. The van der Waals surface area contributed by atoms with E-state index in [1.165, 1.54) is 6.92 Å². The van der Waals surface area contributed by atoms with Gasteiger partial charge < -0.3 is 19.8 Å². The highest BCUT2D eigenvalue weighted by Crippen LogP contribution is 2.39. The fourth-order valence-corrected chi connectivity index (χ4v) is 7.45. The number of rotatable bonds is 14. The maximum absolute atomic E-state index is 13.3. The molecule has 2 aromatic heterocycles. The second-order valence-corrected chi connectivity index (χ2v) is 27.4. The van der Waals surface area contributed by atoms with Crippen molar-refractivity contribution in [2.45, 2.75) is 130 Å². The average molecular weight is 692 g/mol. The molecule has 1 aliphatic rings. The zero-order valence-corrected chi connectivity index (χ0v) is 32.9. The third-order valence-electron chi connectivity index (χ3n) is 9.18. The molecule has 0 aliphatic heterocycles. The van der Waals surface area contributed by atoms with E-state index in [0.29, 0.717) is 43.6 Å². The predicted molar refractivity (Wildman–Crippen MR) is 193 cm³/mol. The Kier molecular flexibility index (Phi) is 12.9. The maximum Gasteiger partial charge on any atom is 0.228 e. The topological polar surface area (TPSA) is 107 Å². The summed E-state index contributed by atoms with van der Waals surface area (Å²) in [5.41, 5.74) is 2.36. The van der Waals surface area contributed by atoms with Crippen molar-refractivity contribution in [2.75, 3.05) is 18.5 Å². The number of hydrogen-bond acceptors (Lipinski definition) is 6. The van der Waals surface area contributed by atoms with Gasteiger partial charge >= 0.3 is 0 Å².